The Morgan fingerprint density at radius 3 is 2.62 bits per heavy atom. The first-order valence-electron chi connectivity index (χ1n) is 7.71. The minimum Gasteiger partial charge on any atom is -0.459 e. The summed E-state index contributed by atoms with van der Waals surface area (Å²) in [6.45, 7) is 3.90. The monoisotopic (exact) mass is 322 g/mol. The summed E-state index contributed by atoms with van der Waals surface area (Å²) in [6.07, 6.45) is 1.40. The molecule has 0 saturated carbocycles. The van der Waals surface area contributed by atoms with Crippen molar-refractivity contribution in [3.63, 3.8) is 0 Å². The van der Waals surface area contributed by atoms with Crippen LogP contribution in [0.1, 0.15) is 16.7 Å². The molecule has 3 aromatic rings. The van der Waals surface area contributed by atoms with Gasteiger partial charge in [0, 0.05) is 0 Å². The summed E-state index contributed by atoms with van der Waals surface area (Å²) in [5, 5.41) is 0.504. The van der Waals surface area contributed by atoms with E-state index in [9.17, 15) is 9.59 Å². The standard InChI is InChI=1S/C19H18N2O3/c1-13-6-3-4-8-15(13)11-24-17(22)10-21-12-20-18-14(2)7-5-9-16(18)19(21)23/h3-9,12H,10-11H2,1-2H3. The molecule has 0 fully saturated rings. The quantitative estimate of drug-likeness (QED) is 0.693. The molecule has 0 spiro atoms. The summed E-state index contributed by atoms with van der Waals surface area (Å²) in [4.78, 5) is 28.8. The van der Waals surface area contributed by atoms with Crippen molar-refractivity contribution in [3.05, 3.63) is 75.8 Å². The van der Waals surface area contributed by atoms with Gasteiger partial charge in [-0.1, -0.05) is 36.4 Å². The molecular weight excluding hydrogens is 304 g/mol. The summed E-state index contributed by atoms with van der Waals surface area (Å²) in [5.74, 6) is -0.464. The normalized spacial score (nSPS) is 10.8. The first-order valence-corrected chi connectivity index (χ1v) is 7.71. The maximum atomic E-state index is 12.5. The summed E-state index contributed by atoms with van der Waals surface area (Å²) < 4.78 is 6.56. The Balaban J connectivity index is 1.75. The van der Waals surface area contributed by atoms with E-state index in [2.05, 4.69) is 4.98 Å². The number of ether oxygens (including phenoxy) is 1. The van der Waals surface area contributed by atoms with Gasteiger partial charge in [-0.2, -0.15) is 0 Å². The molecule has 0 N–H and O–H groups in total. The highest BCUT2D eigenvalue weighted by Crippen LogP contribution is 2.11. The summed E-state index contributed by atoms with van der Waals surface area (Å²) in [6, 6.07) is 13.1. The van der Waals surface area contributed by atoms with Crippen molar-refractivity contribution in [2.24, 2.45) is 0 Å². The molecule has 5 nitrogen and oxygen atoms in total. The third kappa shape index (κ3) is 3.20. The molecule has 122 valence electrons. The number of nitrogens with zero attached hydrogens (tertiary/aromatic N) is 2. The number of aromatic nitrogens is 2. The molecule has 0 radical (unpaired) electrons. The number of hydrogen-bond acceptors (Lipinski definition) is 4. The molecule has 1 heterocycles. The van der Waals surface area contributed by atoms with E-state index < -0.39 is 5.97 Å². The van der Waals surface area contributed by atoms with E-state index >= 15 is 0 Å². The second-order valence-electron chi connectivity index (χ2n) is 5.74. The predicted octanol–water partition coefficient (Wildman–Crippen LogP) is 2.76. The number of rotatable bonds is 4. The highest BCUT2D eigenvalue weighted by Gasteiger charge is 2.10. The van der Waals surface area contributed by atoms with Gasteiger partial charge in [-0.25, -0.2) is 4.98 Å². The molecule has 5 heteroatoms. The zero-order valence-corrected chi connectivity index (χ0v) is 13.7. The van der Waals surface area contributed by atoms with Gasteiger partial charge in [0.1, 0.15) is 13.2 Å². The Bertz CT molecular complexity index is 960. The lowest BCUT2D eigenvalue weighted by Gasteiger charge is -2.09. The van der Waals surface area contributed by atoms with Gasteiger partial charge in [-0.05, 0) is 36.6 Å². The number of carbonyl (C=O) groups is 1. The fourth-order valence-electron chi connectivity index (χ4n) is 2.57. The van der Waals surface area contributed by atoms with Crippen LogP contribution in [0.2, 0.25) is 0 Å². The zero-order chi connectivity index (χ0) is 17.1. The van der Waals surface area contributed by atoms with Crippen LogP contribution in [-0.4, -0.2) is 15.5 Å². The molecule has 0 atom stereocenters. The average molecular weight is 322 g/mol. The highest BCUT2D eigenvalue weighted by molar-refractivity contribution is 5.80. The first-order chi connectivity index (χ1) is 11.6. The van der Waals surface area contributed by atoms with Gasteiger partial charge >= 0.3 is 5.97 Å². The van der Waals surface area contributed by atoms with Gasteiger partial charge in [0.2, 0.25) is 0 Å². The van der Waals surface area contributed by atoms with Crippen molar-refractivity contribution < 1.29 is 9.53 Å². The average Bonchev–Trinajstić information content (AvgIpc) is 2.57. The summed E-state index contributed by atoms with van der Waals surface area (Å²) >= 11 is 0. The number of aryl methyl sites for hydroxylation is 2. The van der Waals surface area contributed by atoms with Crippen molar-refractivity contribution in [1.82, 2.24) is 9.55 Å². The molecule has 0 aliphatic rings. The Morgan fingerprint density at radius 1 is 1.08 bits per heavy atom. The number of hydrogen-bond donors (Lipinski definition) is 0. The molecule has 3 rings (SSSR count). The fourth-order valence-corrected chi connectivity index (χ4v) is 2.57. The van der Waals surface area contributed by atoms with Crippen molar-refractivity contribution in [1.29, 1.82) is 0 Å². The van der Waals surface area contributed by atoms with Gasteiger partial charge in [0.25, 0.3) is 5.56 Å². The molecule has 0 saturated heterocycles. The lowest BCUT2D eigenvalue weighted by atomic mass is 10.1. The third-order valence-corrected chi connectivity index (χ3v) is 4.00. The Kier molecular flexibility index (Phi) is 4.42. The van der Waals surface area contributed by atoms with Crippen LogP contribution in [0, 0.1) is 13.8 Å². The number of esters is 1. The van der Waals surface area contributed by atoms with E-state index in [0.29, 0.717) is 10.9 Å². The summed E-state index contributed by atoms with van der Waals surface area (Å²) in [7, 11) is 0. The van der Waals surface area contributed by atoms with Crippen LogP contribution in [0.15, 0.2) is 53.6 Å². The van der Waals surface area contributed by atoms with Crippen LogP contribution in [0.25, 0.3) is 10.9 Å². The molecule has 0 aliphatic heterocycles. The minimum atomic E-state index is -0.464. The zero-order valence-electron chi connectivity index (χ0n) is 13.7. The molecule has 0 amide bonds. The predicted molar refractivity (Wildman–Crippen MR) is 91.7 cm³/mol. The van der Waals surface area contributed by atoms with E-state index in [1.807, 2.05) is 50.2 Å². The van der Waals surface area contributed by atoms with Gasteiger partial charge < -0.3 is 4.74 Å². The van der Waals surface area contributed by atoms with Crippen molar-refractivity contribution >= 4 is 16.9 Å². The van der Waals surface area contributed by atoms with E-state index in [1.165, 1.54) is 10.9 Å². The van der Waals surface area contributed by atoms with E-state index in [0.717, 1.165) is 16.7 Å². The van der Waals surface area contributed by atoms with Gasteiger partial charge in [-0.15, -0.1) is 0 Å². The second kappa shape index (κ2) is 6.66. The van der Waals surface area contributed by atoms with E-state index in [1.54, 1.807) is 6.07 Å². The van der Waals surface area contributed by atoms with Crippen molar-refractivity contribution in [3.8, 4) is 0 Å². The second-order valence-corrected chi connectivity index (χ2v) is 5.74. The van der Waals surface area contributed by atoms with Gasteiger partial charge in [0.05, 0.1) is 17.2 Å². The number of para-hydroxylation sites is 1. The molecule has 1 aromatic heterocycles. The first kappa shape index (κ1) is 15.9. The fraction of sp³-hybridized carbons (Fsp3) is 0.211. The number of carbonyl (C=O) groups excluding carboxylic acids is 1. The van der Waals surface area contributed by atoms with Crippen molar-refractivity contribution in [2.45, 2.75) is 27.0 Å². The maximum absolute atomic E-state index is 12.5. The lowest BCUT2D eigenvalue weighted by Crippen LogP contribution is -2.25. The largest absolute Gasteiger partial charge is 0.459 e. The Hall–Kier alpha value is -2.95. The molecule has 2 aromatic carbocycles. The van der Waals surface area contributed by atoms with E-state index in [4.69, 9.17) is 4.74 Å². The molecule has 0 unspecified atom stereocenters. The highest BCUT2D eigenvalue weighted by atomic mass is 16.5. The topological polar surface area (TPSA) is 61.2 Å². The Labute approximate surface area is 139 Å². The van der Waals surface area contributed by atoms with Crippen LogP contribution in [0.4, 0.5) is 0 Å². The molecule has 0 bridgehead atoms. The van der Waals surface area contributed by atoms with Crippen LogP contribution in [0.3, 0.4) is 0 Å². The Morgan fingerprint density at radius 2 is 1.83 bits per heavy atom. The van der Waals surface area contributed by atoms with Crippen LogP contribution in [-0.2, 0) is 22.7 Å². The SMILES string of the molecule is Cc1ccccc1COC(=O)Cn1cnc2c(C)cccc2c1=O. The molecule has 0 aliphatic carbocycles. The molecular formula is C19H18N2O3. The third-order valence-electron chi connectivity index (χ3n) is 4.00. The van der Waals surface area contributed by atoms with Gasteiger partial charge in [-0.3, -0.25) is 14.2 Å². The number of benzene rings is 2. The maximum Gasteiger partial charge on any atom is 0.326 e. The van der Waals surface area contributed by atoms with Gasteiger partial charge in [0.15, 0.2) is 0 Å². The molecule has 24 heavy (non-hydrogen) atoms. The van der Waals surface area contributed by atoms with Crippen LogP contribution >= 0.6 is 0 Å². The smallest absolute Gasteiger partial charge is 0.326 e. The van der Waals surface area contributed by atoms with Crippen molar-refractivity contribution in [2.75, 3.05) is 0 Å². The summed E-state index contributed by atoms with van der Waals surface area (Å²) in [5.41, 5.74) is 3.36. The number of fused-ring (bicyclic) bond motifs is 1. The lowest BCUT2D eigenvalue weighted by molar-refractivity contribution is -0.145. The van der Waals surface area contributed by atoms with E-state index in [-0.39, 0.29) is 18.7 Å². The minimum absolute atomic E-state index is 0.151. The van der Waals surface area contributed by atoms with Crippen LogP contribution < -0.4 is 5.56 Å². The van der Waals surface area contributed by atoms with Crippen LogP contribution in [0.5, 0.6) is 0 Å².